The molecular weight excluding hydrogens is 380 g/mol. The van der Waals surface area contributed by atoms with Crippen molar-refractivity contribution >= 4 is 17.8 Å². The minimum Gasteiger partial charge on any atom is -0.370 e. The number of hydrogen-bond acceptors (Lipinski definition) is 3. The summed E-state index contributed by atoms with van der Waals surface area (Å²) in [4.78, 5) is 6.74. The number of aromatic nitrogens is 1. The van der Waals surface area contributed by atoms with Gasteiger partial charge in [0.15, 0.2) is 0 Å². The van der Waals surface area contributed by atoms with Gasteiger partial charge in [-0.05, 0) is 60.7 Å². The second-order valence-corrected chi connectivity index (χ2v) is 7.85. The fraction of sp³-hybridized carbons (Fsp3) is 0.240. The van der Waals surface area contributed by atoms with E-state index in [1.54, 1.807) is 24.4 Å². The third-order valence-corrected chi connectivity index (χ3v) is 5.48. The molecule has 30 heavy (non-hydrogen) atoms. The highest BCUT2D eigenvalue weighted by Gasteiger charge is 2.22. The summed E-state index contributed by atoms with van der Waals surface area (Å²) in [5, 5.41) is 0. The van der Waals surface area contributed by atoms with Crippen LogP contribution in [-0.4, -0.2) is 24.1 Å². The van der Waals surface area contributed by atoms with Gasteiger partial charge in [-0.2, -0.15) is 0 Å². The molecule has 1 aliphatic heterocycles. The van der Waals surface area contributed by atoms with Crippen LogP contribution in [-0.2, 0) is 0 Å². The topological polar surface area (TPSA) is 42.2 Å². The summed E-state index contributed by atoms with van der Waals surface area (Å²) in [5.41, 5.74) is 11.6. The molecule has 2 N–H and O–H groups in total. The highest BCUT2D eigenvalue weighted by molar-refractivity contribution is 5.87. The summed E-state index contributed by atoms with van der Waals surface area (Å²) in [6.45, 7) is 3.56. The van der Waals surface area contributed by atoms with Gasteiger partial charge in [-0.3, -0.25) is 4.98 Å². The second kappa shape index (κ2) is 8.76. The molecule has 3 nitrogen and oxygen atoms in total. The summed E-state index contributed by atoms with van der Waals surface area (Å²) in [5.74, 6) is -0.522. The summed E-state index contributed by atoms with van der Waals surface area (Å²) in [6, 6.07) is 11.6. The molecule has 1 fully saturated rings. The van der Waals surface area contributed by atoms with Gasteiger partial charge in [-0.25, -0.2) is 8.78 Å². The number of piperidine rings is 1. The van der Waals surface area contributed by atoms with E-state index >= 15 is 0 Å². The average molecular weight is 405 g/mol. The molecule has 0 saturated carbocycles. The summed E-state index contributed by atoms with van der Waals surface area (Å²) in [6.07, 6.45) is 9.36. The maximum Gasteiger partial charge on any atom is 0.124 e. The number of anilines is 1. The van der Waals surface area contributed by atoms with Crippen LogP contribution in [0.3, 0.4) is 0 Å². The third-order valence-electron chi connectivity index (χ3n) is 5.48. The fourth-order valence-electron chi connectivity index (χ4n) is 3.93. The first-order valence-electron chi connectivity index (χ1n) is 10.2. The van der Waals surface area contributed by atoms with E-state index in [4.69, 9.17) is 5.73 Å². The van der Waals surface area contributed by atoms with Gasteiger partial charge in [-0.15, -0.1) is 0 Å². The smallest absolute Gasteiger partial charge is 0.124 e. The number of aryl methyl sites for hydroxylation is 1. The zero-order valence-electron chi connectivity index (χ0n) is 17.0. The van der Waals surface area contributed by atoms with Crippen LogP contribution in [0.5, 0.6) is 0 Å². The Bertz CT molecular complexity index is 1030. The molecule has 1 aromatic heterocycles. The molecule has 154 valence electrons. The van der Waals surface area contributed by atoms with E-state index in [0.717, 1.165) is 59.4 Å². The summed E-state index contributed by atoms with van der Waals surface area (Å²) >= 11 is 0. The summed E-state index contributed by atoms with van der Waals surface area (Å²) in [7, 11) is 0. The largest absolute Gasteiger partial charge is 0.370 e. The minimum absolute atomic E-state index is 0.209. The van der Waals surface area contributed by atoms with Gasteiger partial charge in [-0.1, -0.05) is 30.4 Å². The first-order chi connectivity index (χ1) is 14.5. The molecule has 0 unspecified atom stereocenters. The predicted molar refractivity (Wildman–Crippen MR) is 119 cm³/mol. The van der Waals surface area contributed by atoms with E-state index < -0.39 is 0 Å². The number of nitrogens with two attached hydrogens (primary N) is 1. The van der Waals surface area contributed by atoms with Crippen LogP contribution in [0.4, 0.5) is 14.5 Å². The average Bonchev–Trinajstić information content (AvgIpc) is 2.73. The zero-order valence-corrected chi connectivity index (χ0v) is 17.0. The van der Waals surface area contributed by atoms with E-state index in [9.17, 15) is 8.78 Å². The van der Waals surface area contributed by atoms with E-state index in [2.05, 4.69) is 9.88 Å². The van der Waals surface area contributed by atoms with Crippen LogP contribution in [0.25, 0.3) is 23.3 Å². The zero-order chi connectivity index (χ0) is 21.1. The lowest BCUT2D eigenvalue weighted by Gasteiger charge is -2.34. The molecule has 0 spiro atoms. The molecule has 5 heteroatoms. The molecule has 0 radical (unpaired) electrons. The number of benzene rings is 2. The minimum atomic E-state index is -0.261. The quantitative estimate of drug-likeness (QED) is 0.629. The Balaban J connectivity index is 1.80. The lowest BCUT2D eigenvalue weighted by molar-refractivity contribution is 0.501. The Hall–Kier alpha value is -3.05. The van der Waals surface area contributed by atoms with Crippen molar-refractivity contribution in [1.82, 2.24) is 4.98 Å². The molecule has 4 rings (SSSR count). The Kier molecular flexibility index (Phi) is 5.91. The van der Waals surface area contributed by atoms with Gasteiger partial charge in [0, 0.05) is 42.7 Å². The molecule has 0 aliphatic carbocycles. The van der Waals surface area contributed by atoms with Gasteiger partial charge in [0.1, 0.15) is 11.6 Å². The molecular formula is C25H25F2N3. The number of rotatable bonds is 4. The normalized spacial score (nSPS) is 15.1. The molecule has 1 aliphatic rings. The fourth-order valence-corrected chi connectivity index (χ4v) is 3.93. The van der Waals surface area contributed by atoms with Crippen LogP contribution in [0.2, 0.25) is 0 Å². The van der Waals surface area contributed by atoms with Crippen molar-refractivity contribution in [3.63, 3.8) is 0 Å². The highest BCUT2D eigenvalue weighted by Crippen LogP contribution is 2.36. The molecule has 0 amide bonds. The molecule has 2 aromatic carbocycles. The van der Waals surface area contributed by atoms with Crippen LogP contribution >= 0.6 is 0 Å². The van der Waals surface area contributed by atoms with E-state index in [0.29, 0.717) is 0 Å². The highest BCUT2D eigenvalue weighted by atomic mass is 19.1. The Morgan fingerprint density at radius 3 is 2.40 bits per heavy atom. The van der Waals surface area contributed by atoms with Crippen LogP contribution in [0.15, 0.2) is 54.9 Å². The maximum atomic E-state index is 14.1. The number of hydrogen-bond donors (Lipinski definition) is 1. The Morgan fingerprint density at radius 2 is 1.70 bits per heavy atom. The van der Waals surface area contributed by atoms with Crippen molar-refractivity contribution in [3.8, 4) is 11.1 Å². The molecule has 1 saturated heterocycles. The van der Waals surface area contributed by atoms with Crippen molar-refractivity contribution in [3.05, 3.63) is 83.2 Å². The number of pyridine rings is 1. The Labute approximate surface area is 175 Å². The number of halogens is 2. The van der Waals surface area contributed by atoms with Crippen molar-refractivity contribution in [2.45, 2.75) is 25.8 Å². The maximum absolute atomic E-state index is 14.1. The van der Waals surface area contributed by atoms with Gasteiger partial charge >= 0.3 is 0 Å². The standard InChI is InChI=1S/C25H25F2N3/c1-17-12-20(14-22(27)13-17)24-16-29-15-19(5-2-18-3-6-21(26)7-4-18)25(24)30-10-8-23(28)9-11-30/h2-7,12-16,23H,8-11,28H2,1H3. The third kappa shape index (κ3) is 4.57. The molecule has 2 heterocycles. The van der Waals surface area contributed by atoms with E-state index in [1.165, 1.54) is 18.2 Å². The van der Waals surface area contributed by atoms with Gasteiger partial charge < -0.3 is 10.6 Å². The van der Waals surface area contributed by atoms with Gasteiger partial charge in [0.05, 0.1) is 5.69 Å². The summed E-state index contributed by atoms with van der Waals surface area (Å²) < 4.78 is 27.4. The SMILES string of the molecule is Cc1cc(F)cc(-c2cncc(C=Cc3ccc(F)cc3)c2N2CCC(N)CC2)c1. The molecule has 0 atom stereocenters. The van der Waals surface area contributed by atoms with E-state index in [-0.39, 0.29) is 17.7 Å². The Morgan fingerprint density at radius 1 is 0.967 bits per heavy atom. The van der Waals surface area contributed by atoms with Crippen molar-refractivity contribution in [2.75, 3.05) is 18.0 Å². The van der Waals surface area contributed by atoms with Crippen LogP contribution in [0, 0.1) is 18.6 Å². The first kappa shape index (κ1) is 20.2. The van der Waals surface area contributed by atoms with Gasteiger partial charge in [0.2, 0.25) is 0 Å². The van der Waals surface area contributed by atoms with Crippen molar-refractivity contribution in [2.24, 2.45) is 5.73 Å². The number of nitrogens with zero attached hydrogens (tertiary/aromatic N) is 2. The van der Waals surface area contributed by atoms with Gasteiger partial charge in [0.25, 0.3) is 0 Å². The van der Waals surface area contributed by atoms with E-state index in [1.807, 2.05) is 31.3 Å². The first-order valence-corrected chi connectivity index (χ1v) is 10.2. The second-order valence-electron chi connectivity index (χ2n) is 7.85. The molecule has 3 aromatic rings. The monoisotopic (exact) mass is 405 g/mol. The predicted octanol–water partition coefficient (Wildman–Crippen LogP) is 5.43. The van der Waals surface area contributed by atoms with Crippen molar-refractivity contribution in [1.29, 1.82) is 0 Å². The van der Waals surface area contributed by atoms with Crippen LogP contribution < -0.4 is 10.6 Å². The van der Waals surface area contributed by atoms with Crippen molar-refractivity contribution < 1.29 is 8.78 Å². The van der Waals surface area contributed by atoms with Crippen LogP contribution in [0.1, 0.15) is 29.5 Å². The lowest BCUT2D eigenvalue weighted by Crippen LogP contribution is -2.40. The lowest BCUT2D eigenvalue weighted by atomic mass is 9.97. The molecule has 0 bridgehead atoms.